The highest BCUT2D eigenvalue weighted by Crippen LogP contribution is 2.31. The van der Waals surface area contributed by atoms with Crippen LogP contribution in [0.3, 0.4) is 0 Å². The maximum atomic E-state index is 12.7. The van der Waals surface area contributed by atoms with Crippen LogP contribution in [0.1, 0.15) is 35.3 Å². The minimum atomic E-state index is -4.57. The number of amides is 1. The number of nitrogens with zero attached hydrogens (tertiary/aromatic N) is 1. The Kier molecular flexibility index (Phi) is 4.36. The summed E-state index contributed by atoms with van der Waals surface area (Å²) in [5, 5.41) is 2.88. The van der Waals surface area contributed by atoms with Crippen LogP contribution in [0, 0.1) is 0 Å². The first kappa shape index (κ1) is 15.6. The minimum Gasteiger partial charge on any atom is -0.381 e. The zero-order chi connectivity index (χ0) is 15.6. The molecule has 0 saturated heterocycles. The van der Waals surface area contributed by atoms with Gasteiger partial charge in [-0.25, -0.2) is 4.98 Å². The molecule has 8 heteroatoms. The van der Waals surface area contributed by atoms with E-state index in [1.165, 1.54) is 0 Å². The molecular formula is C13H16F3N3O2. The Balaban J connectivity index is 2.25. The summed E-state index contributed by atoms with van der Waals surface area (Å²) >= 11 is 0. The van der Waals surface area contributed by atoms with E-state index in [0.717, 1.165) is 25.0 Å². The van der Waals surface area contributed by atoms with Gasteiger partial charge in [0.25, 0.3) is 5.91 Å². The second-order valence-electron chi connectivity index (χ2n) is 4.97. The molecule has 3 N–H and O–H groups in total. The second-order valence-corrected chi connectivity index (χ2v) is 4.97. The largest absolute Gasteiger partial charge is 0.433 e. The molecule has 1 heterocycles. The lowest BCUT2D eigenvalue weighted by Crippen LogP contribution is -2.23. The zero-order valence-electron chi connectivity index (χ0n) is 11.4. The fraction of sp³-hybridized carbons (Fsp3) is 0.538. The number of primary amides is 1. The van der Waals surface area contributed by atoms with Crippen LogP contribution in [0.25, 0.3) is 0 Å². The molecule has 2 unspecified atom stereocenters. The number of rotatable bonds is 4. The molecule has 5 nitrogen and oxygen atoms in total. The van der Waals surface area contributed by atoms with Crippen molar-refractivity contribution >= 4 is 11.7 Å². The fourth-order valence-corrected chi connectivity index (χ4v) is 2.40. The predicted octanol–water partition coefficient (Wildman–Crippen LogP) is 2.18. The molecule has 0 spiro atoms. The lowest BCUT2D eigenvalue weighted by Gasteiger charge is -2.17. The van der Waals surface area contributed by atoms with E-state index in [-0.39, 0.29) is 23.5 Å². The Morgan fingerprint density at radius 1 is 1.43 bits per heavy atom. The number of aromatic nitrogens is 1. The van der Waals surface area contributed by atoms with E-state index in [0.29, 0.717) is 6.42 Å². The summed E-state index contributed by atoms with van der Waals surface area (Å²) in [7, 11) is 1.59. The van der Waals surface area contributed by atoms with Crippen molar-refractivity contribution < 1.29 is 22.7 Å². The van der Waals surface area contributed by atoms with Crippen molar-refractivity contribution in [2.75, 3.05) is 12.4 Å². The second kappa shape index (κ2) is 5.88. The third kappa shape index (κ3) is 3.63. The van der Waals surface area contributed by atoms with Gasteiger partial charge in [0.05, 0.1) is 11.7 Å². The predicted molar refractivity (Wildman–Crippen MR) is 69.8 cm³/mol. The van der Waals surface area contributed by atoms with Gasteiger partial charge in [0, 0.05) is 13.2 Å². The Morgan fingerprint density at radius 2 is 2.14 bits per heavy atom. The maximum Gasteiger partial charge on any atom is 0.433 e. The summed E-state index contributed by atoms with van der Waals surface area (Å²) in [6, 6.07) is 1.70. The standard InChI is InChI=1S/C13H16F3N3O2/c1-21-8-3-2-7(6-8)18-12-9(11(17)20)4-5-10(19-12)13(14,15)16/h4-5,7-8H,2-3,6H2,1H3,(H2,17,20)(H,18,19). The quantitative estimate of drug-likeness (QED) is 0.893. The fourth-order valence-electron chi connectivity index (χ4n) is 2.40. The van der Waals surface area contributed by atoms with E-state index in [1.54, 1.807) is 7.11 Å². The number of carbonyl (C=O) groups excluding carboxylic acids is 1. The van der Waals surface area contributed by atoms with Crippen LogP contribution in [0.4, 0.5) is 19.0 Å². The molecule has 2 atom stereocenters. The smallest absolute Gasteiger partial charge is 0.381 e. The molecule has 0 radical (unpaired) electrons. The van der Waals surface area contributed by atoms with Crippen LogP contribution < -0.4 is 11.1 Å². The number of ether oxygens (including phenoxy) is 1. The Hall–Kier alpha value is -1.83. The topological polar surface area (TPSA) is 77.2 Å². The molecule has 1 aromatic heterocycles. The van der Waals surface area contributed by atoms with Gasteiger partial charge < -0.3 is 15.8 Å². The van der Waals surface area contributed by atoms with Crippen molar-refractivity contribution in [1.29, 1.82) is 0 Å². The molecule has 116 valence electrons. The first-order valence-corrected chi connectivity index (χ1v) is 6.48. The number of nitrogens with one attached hydrogen (secondary N) is 1. The third-order valence-electron chi connectivity index (χ3n) is 3.51. The summed E-state index contributed by atoms with van der Waals surface area (Å²) in [4.78, 5) is 14.8. The van der Waals surface area contributed by atoms with E-state index >= 15 is 0 Å². The van der Waals surface area contributed by atoms with Crippen molar-refractivity contribution in [2.24, 2.45) is 5.73 Å². The van der Waals surface area contributed by atoms with Crippen LogP contribution in [0.5, 0.6) is 0 Å². The Morgan fingerprint density at radius 3 is 2.67 bits per heavy atom. The number of carbonyl (C=O) groups is 1. The number of nitrogens with two attached hydrogens (primary N) is 1. The van der Waals surface area contributed by atoms with Crippen LogP contribution in [0.15, 0.2) is 12.1 Å². The molecule has 1 aliphatic carbocycles. The van der Waals surface area contributed by atoms with Crippen LogP contribution in [-0.4, -0.2) is 30.1 Å². The minimum absolute atomic E-state index is 0.0520. The van der Waals surface area contributed by atoms with Gasteiger partial charge in [-0.15, -0.1) is 0 Å². The lowest BCUT2D eigenvalue weighted by molar-refractivity contribution is -0.141. The summed E-state index contributed by atoms with van der Waals surface area (Å²) in [6.07, 6.45) is -2.33. The van der Waals surface area contributed by atoms with E-state index in [4.69, 9.17) is 10.5 Å². The van der Waals surface area contributed by atoms with Gasteiger partial charge in [-0.05, 0) is 31.4 Å². The molecule has 2 rings (SSSR count). The summed E-state index contributed by atoms with van der Waals surface area (Å²) < 4.78 is 43.3. The van der Waals surface area contributed by atoms with Gasteiger partial charge >= 0.3 is 6.18 Å². The monoisotopic (exact) mass is 303 g/mol. The van der Waals surface area contributed by atoms with Crippen LogP contribution in [-0.2, 0) is 10.9 Å². The molecule has 1 aliphatic rings. The molecule has 0 bridgehead atoms. The first-order chi connectivity index (χ1) is 9.81. The molecule has 1 saturated carbocycles. The van der Waals surface area contributed by atoms with Crippen LogP contribution in [0.2, 0.25) is 0 Å². The van der Waals surface area contributed by atoms with Crippen molar-refractivity contribution in [3.05, 3.63) is 23.4 Å². The number of alkyl halides is 3. The third-order valence-corrected chi connectivity index (χ3v) is 3.51. The number of methoxy groups -OCH3 is 1. The molecule has 0 aliphatic heterocycles. The van der Waals surface area contributed by atoms with Crippen molar-refractivity contribution in [3.63, 3.8) is 0 Å². The summed E-state index contributed by atoms with van der Waals surface area (Å²) in [5.41, 5.74) is 4.07. The number of hydrogen-bond donors (Lipinski definition) is 2. The maximum absolute atomic E-state index is 12.7. The van der Waals surface area contributed by atoms with E-state index in [9.17, 15) is 18.0 Å². The van der Waals surface area contributed by atoms with Gasteiger partial charge in [-0.1, -0.05) is 0 Å². The SMILES string of the molecule is COC1CCC(Nc2nc(C(F)(F)F)ccc2C(N)=O)C1. The van der Waals surface area contributed by atoms with E-state index in [1.807, 2.05) is 0 Å². The van der Waals surface area contributed by atoms with Crippen molar-refractivity contribution in [1.82, 2.24) is 4.98 Å². The molecule has 0 aromatic carbocycles. The van der Waals surface area contributed by atoms with Gasteiger partial charge in [-0.2, -0.15) is 13.2 Å². The Bertz CT molecular complexity index is 534. The highest BCUT2D eigenvalue weighted by molar-refractivity contribution is 5.97. The zero-order valence-corrected chi connectivity index (χ0v) is 11.4. The average Bonchev–Trinajstić information content (AvgIpc) is 2.85. The Labute approximate surface area is 119 Å². The lowest BCUT2D eigenvalue weighted by atomic mass is 10.2. The molecular weight excluding hydrogens is 287 g/mol. The van der Waals surface area contributed by atoms with Gasteiger partial charge in [0.1, 0.15) is 11.5 Å². The normalized spacial score (nSPS) is 22.3. The van der Waals surface area contributed by atoms with Gasteiger partial charge in [0.2, 0.25) is 0 Å². The van der Waals surface area contributed by atoms with E-state index < -0.39 is 17.8 Å². The first-order valence-electron chi connectivity index (χ1n) is 6.48. The summed E-state index contributed by atoms with van der Waals surface area (Å²) in [5.74, 6) is -0.945. The molecule has 1 amide bonds. The number of halogens is 3. The number of pyridine rings is 1. The van der Waals surface area contributed by atoms with Gasteiger partial charge in [-0.3, -0.25) is 4.79 Å². The van der Waals surface area contributed by atoms with E-state index in [2.05, 4.69) is 10.3 Å². The van der Waals surface area contributed by atoms with Crippen LogP contribution >= 0.6 is 0 Å². The molecule has 1 aromatic rings. The summed E-state index contributed by atoms with van der Waals surface area (Å²) in [6.45, 7) is 0. The highest BCUT2D eigenvalue weighted by Gasteiger charge is 2.34. The average molecular weight is 303 g/mol. The van der Waals surface area contributed by atoms with Crippen molar-refractivity contribution in [2.45, 2.75) is 37.6 Å². The highest BCUT2D eigenvalue weighted by atomic mass is 19.4. The number of anilines is 1. The molecule has 21 heavy (non-hydrogen) atoms. The van der Waals surface area contributed by atoms with Gasteiger partial charge in [0.15, 0.2) is 0 Å². The van der Waals surface area contributed by atoms with Crippen molar-refractivity contribution in [3.8, 4) is 0 Å². The molecule has 1 fully saturated rings. The number of hydrogen-bond acceptors (Lipinski definition) is 4.